The summed E-state index contributed by atoms with van der Waals surface area (Å²) in [4.78, 5) is 35.9. The van der Waals surface area contributed by atoms with Gasteiger partial charge in [0.1, 0.15) is 5.02 Å². The molecule has 1 N–H and O–H groups in total. The summed E-state index contributed by atoms with van der Waals surface area (Å²) in [7, 11) is 3.75. The number of benzene rings is 2. The minimum atomic E-state index is -0.657. The molecule has 0 aliphatic heterocycles. The maximum Gasteiger partial charge on any atom is 0.338 e. The average molecular weight is 378 g/mol. The molecule has 0 unspecified atom stereocenters. The molecule has 0 saturated heterocycles. The highest BCUT2D eigenvalue weighted by molar-refractivity contribution is 6.32. The van der Waals surface area contributed by atoms with Gasteiger partial charge in [-0.25, -0.2) is 4.79 Å². The second kappa shape index (κ2) is 8.30. The third-order valence-corrected chi connectivity index (χ3v) is 3.70. The third-order valence-electron chi connectivity index (χ3n) is 3.38. The lowest BCUT2D eigenvalue weighted by molar-refractivity contribution is -0.384. The van der Waals surface area contributed by atoms with Crippen LogP contribution in [0.1, 0.15) is 10.4 Å². The zero-order valence-corrected chi connectivity index (χ0v) is 14.8. The van der Waals surface area contributed by atoms with Crippen LogP contribution in [-0.4, -0.2) is 37.5 Å². The maximum absolute atomic E-state index is 11.9. The molecule has 0 spiro atoms. The smallest absolute Gasteiger partial charge is 0.338 e. The molecule has 0 saturated carbocycles. The normalized spacial score (nSPS) is 10.1. The predicted molar refractivity (Wildman–Crippen MR) is 97.8 cm³/mol. The van der Waals surface area contributed by atoms with Gasteiger partial charge in [-0.3, -0.25) is 14.9 Å². The molecule has 26 heavy (non-hydrogen) atoms. The van der Waals surface area contributed by atoms with Crippen LogP contribution in [0.2, 0.25) is 5.02 Å². The Kier molecular flexibility index (Phi) is 6.13. The van der Waals surface area contributed by atoms with E-state index in [0.29, 0.717) is 5.56 Å². The lowest BCUT2D eigenvalue weighted by Crippen LogP contribution is -2.21. The molecule has 136 valence electrons. The number of carbonyl (C=O) groups is 2. The van der Waals surface area contributed by atoms with Crippen molar-refractivity contribution in [2.75, 3.05) is 30.9 Å². The maximum atomic E-state index is 11.9. The van der Waals surface area contributed by atoms with E-state index < -0.39 is 23.4 Å². The highest BCUT2D eigenvalue weighted by atomic mass is 35.5. The van der Waals surface area contributed by atoms with E-state index in [1.807, 2.05) is 19.0 Å². The second-order valence-electron chi connectivity index (χ2n) is 5.49. The summed E-state index contributed by atoms with van der Waals surface area (Å²) in [5.41, 5.74) is 1.08. The molecule has 0 bridgehead atoms. The Labute approximate surface area is 154 Å². The quantitative estimate of drug-likeness (QED) is 0.471. The predicted octanol–water partition coefficient (Wildman–Crippen LogP) is 3.11. The van der Waals surface area contributed by atoms with Gasteiger partial charge in [0.25, 0.3) is 11.6 Å². The first-order valence-electron chi connectivity index (χ1n) is 7.46. The van der Waals surface area contributed by atoms with E-state index in [4.69, 9.17) is 16.3 Å². The summed E-state index contributed by atoms with van der Waals surface area (Å²) >= 11 is 5.70. The number of amides is 1. The van der Waals surface area contributed by atoms with Gasteiger partial charge in [-0.2, -0.15) is 0 Å². The molecule has 8 nitrogen and oxygen atoms in total. The van der Waals surface area contributed by atoms with Crippen LogP contribution in [0.4, 0.5) is 17.1 Å². The molecule has 0 atom stereocenters. The first kappa shape index (κ1) is 19.2. The van der Waals surface area contributed by atoms with Gasteiger partial charge in [-0.15, -0.1) is 0 Å². The van der Waals surface area contributed by atoms with Gasteiger partial charge in [0.05, 0.1) is 10.5 Å². The van der Waals surface area contributed by atoms with Crippen LogP contribution < -0.4 is 10.2 Å². The topological polar surface area (TPSA) is 102 Å². The fourth-order valence-electron chi connectivity index (χ4n) is 2.04. The average Bonchev–Trinajstić information content (AvgIpc) is 2.61. The number of nitrogens with one attached hydrogen (secondary N) is 1. The SMILES string of the molecule is CN(C)c1ccc(C(=O)OCC(=O)Nc2ccc(Cl)c([N+](=O)[O-])c2)cc1. The van der Waals surface area contributed by atoms with Crippen molar-refractivity contribution >= 4 is 40.5 Å². The monoisotopic (exact) mass is 377 g/mol. The molecule has 1 amide bonds. The number of hydrogen-bond donors (Lipinski definition) is 1. The number of nitrogens with zero attached hydrogens (tertiary/aromatic N) is 2. The Morgan fingerprint density at radius 3 is 2.42 bits per heavy atom. The fourth-order valence-corrected chi connectivity index (χ4v) is 2.22. The number of hydrogen-bond acceptors (Lipinski definition) is 6. The van der Waals surface area contributed by atoms with Crippen molar-refractivity contribution < 1.29 is 19.2 Å². The van der Waals surface area contributed by atoms with E-state index in [-0.39, 0.29) is 16.4 Å². The van der Waals surface area contributed by atoms with Gasteiger partial charge < -0.3 is 15.0 Å². The number of rotatable bonds is 6. The molecule has 0 fully saturated rings. The minimum Gasteiger partial charge on any atom is -0.452 e. The van der Waals surface area contributed by atoms with E-state index in [2.05, 4.69) is 5.32 Å². The van der Waals surface area contributed by atoms with Crippen molar-refractivity contribution in [1.29, 1.82) is 0 Å². The Hall–Kier alpha value is -3.13. The Morgan fingerprint density at radius 1 is 1.19 bits per heavy atom. The molecular weight excluding hydrogens is 362 g/mol. The van der Waals surface area contributed by atoms with Crippen molar-refractivity contribution in [1.82, 2.24) is 0 Å². The zero-order valence-electron chi connectivity index (χ0n) is 14.1. The zero-order chi connectivity index (χ0) is 19.3. The molecule has 9 heteroatoms. The van der Waals surface area contributed by atoms with Crippen LogP contribution >= 0.6 is 11.6 Å². The van der Waals surface area contributed by atoms with Crippen molar-refractivity contribution in [3.63, 3.8) is 0 Å². The Bertz CT molecular complexity index is 837. The van der Waals surface area contributed by atoms with Crippen LogP contribution in [0.5, 0.6) is 0 Å². The van der Waals surface area contributed by atoms with Crippen molar-refractivity contribution in [3.05, 3.63) is 63.2 Å². The summed E-state index contributed by atoms with van der Waals surface area (Å²) in [6.07, 6.45) is 0. The van der Waals surface area contributed by atoms with Crippen LogP contribution in [-0.2, 0) is 9.53 Å². The number of esters is 1. The van der Waals surface area contributed by atoms with Crippen LogP contribution in [0, 0.1) is 10.1 Å². The number of nitro benzene ring substituents is 1. The highest BCUT2D eigenvalue weighted by Crippen LogP contribution is 2.27. The summed E-state index contributed by atoms with van der Waals surface area (Å²) in [6, 6.07) is 10.5. The molecule has 2 aromatic carbocycles. The van der Waals surface area contributed by atoms with E-state index in [1.165, 1.54) is 12.1 Å². The number of anilines is 2. The van der Waals surface area contributed by atoms with Crippen LogP contribution in [0.3, 0.4) is 0 Å². The van der Waals surface area contributed by atoms with Gasteiger partial charge in [0, 0.05) is 31.5 Å². The standard InChI is InChI=1S/C17H16ClN3O5/c1-20(2)13-6-3-11(4-7-13)17(23)26-10-16(22)19-12-5-8-14(18)15(9-12)21(24)25/h3-9H,10H2,1-2H3,(H,19,22). The van der Waals surface area contributed by atoms with Crippen molar-refractivity contribution in [3.8, 4) is 0 Å². The first-order chi connectivity index (χ1) is 12.3. The number of carbonyl (C=O) groups excluding carboxylic acids is 2. The molecule has 0 heterocycles. The minimum absolute atomic E-state index is 0.0411. The van der Waals surface area contributed by atoms with E-state index >= 15 is 0 Å². The summed E-state index contributed by atoms with van der Waals surface area (Å²) in [5.74, 6) is -1.27. The first-order valence-corrected chi connectivity index (χ1v) is 7.84. The third kappa shape index (κ3) is 4.93. The molecule has 0 radical (unpaired) electrons. The van der Waals surface area contributed by atoms with Gasteiger partial charge in [-0.05, 0) is 36.4 Å². The van der Waals surface area contributed by atoms with Gasteiger partial charge in [0.2, 0.25) is 0 Å². The lowest BCUT2D eigenvalue weighted by atomic mass is 10.2. The molecule has 0 aliphatic rings. The molecule has 2 rings (SSSR count). The van der Waals surface area contributed by atoms with E-state index in [1.54, 1.807) is 24.3 Å². The number of ether oxygens (including phenoxy) is 1. The lowest BCUT2D eigenvalue weighted by Gasteiger charge is -2.12. The Balaban J connectivity index is 1.93. The largest absolute Gasteiger partial charge is 0.452 e. The van der Waals surface area contributed by atoms with Crippen molar-refractivity contribution in [2.24, 2.45) is 0 Å². The van der Waals surface area contributed by atoms with Gasteiger partial charge in [0.15, 0.2) is 6.61 Å². The summed E-state index contributed by atoms with van der Waals surface area (Å²) in [6.45, 7) is -0.523. The van der Waals surface area contributed by atoms with Crippen LogP contribution in [0.25, 0.3) is 0 Å². The highest BCUT2D eigenvalue weighted by Gasteiger charge is 2.15. The van der Waals surface area contributed by atoms with E-state index in [0.717, 1.165) is 11.8 Å². The molecule has 2 aromatic rings. The molecular formula is C17H16ClN3O5. The summed E-state index contributed by atoms with van der Waals surface area (Å²) in [5, 5.41) is 13.2. The van der Waals surface area contributed by atoms with E-state index in [9.17, 15) is 19.7 Å². The van der Waals surface area contributed by atoms with Crippen LogP contribution in [0.15, 0.2) is 42.5 Å². The Morgan fingerprint density at radius 2 is 1.85 bits per heavy atom. The number of halogens is 1. The second-order valence-corrected chi connectivity index (χ2v) is 5.90. The fraction of sp³-hybridized carbons (Fsp3) is 0.176. The number of nitro groups is 1. The summed E-state index contributed by atoms with van der Waals surface area (Å²) < 4.78 is 4.94. The molecule has 0 aromatic heterocycles. The van der Waals surface area contributed by atoms with Crippen molar-refractivity contribution in [2.45, 2.75) is 0 Å². The molecule has 0 aliphatic carbocycles. The van der Waals surface area contributed by atoms with Gasteiger partial charge >= 0.3 is 5.97 Å². The van der Waals surface area contributed by atoms with Gasteiger partial charge in [-0.1, -0.05) is 11.6 Å².